The summed E-state index contributed by atoms with van der Waals surface area (Å²) in [6.45, 7) is 0.624. The lowest BCUT2D eigenvalue weighted by Gasteiger charge is -2.27. The highest BCUT2D eigenvalue weighted by Crippen LogP contribution is 3.11. The monoisotopic (exact) mass is 448 g/mol. The molecule has 0 saturated heterocycles. The van der Waals surface area contributed by atoms with Crippen LogP contribution in [0, 0.1) is 0 Å². The lowest BCUT2D eigenvalue weighted by atomic mass is 28.8. The third kappa shape index (κ3) is 7.05. The van der Waals surface area contributed by atoms with Gasteiger partial charge in [-0.05, 0) is 43.0 Å². The predicted molar refractivity (Wildman–Crippen MR) is 98.6 cm³/mol. The van der Waals surface area contributed by atoms with Gasteiger partial charge in [-0.1, -0.05) is 7.96 Å². The molecule has 0 rings (SSSR count). The molecule has 0 nitrogen and oxygen atoms in total. The summed E-state index contributed by atoms with van der Waals surface area (Å²) in [6.07, 6.45) is 0. The number of rotatable bonds is 4. The first kappa shape index (κ1) is 16.0. The average molecular weight is 448 g/mol. The van der Waals surface area contributed by atoms with E-state index in [9.17, 15) is 0 Å². The van der Waals surface area contributed by atoms with Gasteiger partial charge in [-0.25, -0.2) is 0 Å². The van der Waals surface area contributed by atoms with Crippen LogP contribution in [0.15, 0.2) is 0 Å². The van der Waals surface area contributed by atoms with Crippen LogP contribution >= 0.6 is 101 Å². The van der Waals surface area contributed by atoms with E-state index >= 15 is 0 Å². The van der Waals surface area contributed by atoms with Crippen LogP contribution in [0.4, 0.5) is 0 Å². The predicted octanol–water partition coefficient (Wildman–Crippen LogP) is 6.55. The van der Waals surface area contributed by atoms with Crippen molar-refractivity contribution < 1.29 is 0 Å². The maximum absolute atomic E-state index is 2.98. The van der Waals surface area contributed by atoms with Crippen molar-refractivity contribution in [1.29, 1.82) is 0 Å². The van der Waals surface area contributed by atoms with Crippen molar-refractivity contribution in [3.8, 4) is 0 Å². The third-order valence-corrected chi connectivity index (χ3v) is 71.1. The molecular formula is H11IP10. The molecule has 0 spiro atoms. The van der Waals surface area contributed by atoms with Crippen LogP contribution in [-0.4, -0.2) is 0 Å². The SMILES string of the molecule is PPP(P(P)P)P(I)P(P)P. The smallest absolute Gasteiger partial charge is 0.0263 e. The maximum atomic E-state index is 2.98. The first-order valence-corrected chi connectivity index (χ1v) is 22.7. The highest BCUT2D eigenvalue weighted by molar-refractivity contribution is 14.2. The third-order valence-electron chi connectivity index (χ3n) is 0.681. The second-order valence-corrected chi connectivity index (χ2v) is 43.4. The van der Waals surface area contributed by atoms with Crippen LogP contribution in [0.3, 0.4) is 0 Å². The molecule has 11 heavy (non-hydrogen) atoms. The van der Waals surface area contributed by atoms with E-state index in [0.29, 0.717) is 6.99 Å². The summed E-state index contributed by atoms with van der Waals surface area (Å²) in [5.41, 5.74) is 0. The van der Waals surface area contributed by atoms with Crippen LogP contribution in [0.5, 0.6) is 0 Å². The number of hydrogen-bond donors (Lipinski definition) is 0. The molecule has 0 amide bonds. The molecule has 0 heterocycles. The van der Waals surface area contributed by atoms with Crippen LogP contribution in [0.25, 0.3) is 0 Å². The fraction of sp³-hybridized carbons (Fsp3) is 0. The second kappa shape index (κ2) is 9.10. The van der Waals surface area contributed by atoms with Crippen molar-refractivity contribution in [3.63, 3.8) is 0 Å². The standard InChI is InChI=1S/H11IP10/c1-8(9(3)4)11(7-2)10(5)6/h7H,2-6H2. The Balaban J connectivity index is 4.02. The zero-order valence-electron chi connectivity index (χ0n) is 5.55. The molecule has 0 fully saturated rings. The first-order chi connectivity index (χ1) is 5.00. The minimum atomic E-state index is 0.157. The van der Waals surface area contributed by atoms with Crippen molar-refractivity contribution in [2.75, 3.05) is 0 Å². The summed E-state index contributed by atoms with van der Waals surface area (Å²) in [5.74, 6) is 0. The van der Waals surface area contributed by atoms with E-state index < -0.39 is 0 Å². The maximum Gasteiger partial charge on any atom is 0.0263 e. The van der Waals surface area contributed by atoms with E-state index in [-0.39, 0.29) is 18.9 Å². The molecule has 11 heteroatoms. The van der Waals surface area contributed by atoms with E-state index in [1.54, 1.807) is 0 Å². The summed E-state index contributed by atoms with van der Waals surface area (Å²) in [7, 11) is 15.9. The van der Waals surface area contributed by atoms with Gasteiger partial charge in [-0.3, -0.25) is 0 Å². The minimum Gasteiger partial charge on any atom is -0.109 e. The van der Waals surface area contributed by atoms with Crippen molar-refractivity contribution in [2.45, 2.75) is 0 Å². The number of hydrogen-bond acceptors (Lipinski definition) is 0. The molecular weight excluding hydrogens is 437 g/mol. The van der Waals surface area contributed by atoms with E-state index in [1.165, 1.54) is 0 Å². The normalized spacial score (nSPS) is 18.5. The fourth-order valence-electron chi connectivity index (χ4n) is 0.297. The summed E-state index contributed by atoms with van der Waals surface area (Å²) >= 11 is 2.67. The van der Waals surface area contributed by atoms with Gasteiger partial charge in [0.05, 0.1) is 0 Å². The first-order valence-electron chi connectivity index (χ1n) is 2.31. The molecule has 8 atom stereocenters. The second-order valence-electron chi connectivity index (χ2n) is 1.42. The Bertz CT molecular complexity index is 97.0. The van der Waals surface area contributed by atoms with Crippen molar-refractivity contribution in [3.05, 3.63) is 0 Å². The molecule has 0 aliphatic carbocycles. The lowest BCUT2D eigenvalue weighted by Crippen LogP contribution is -1.38. The molecule has 0 N–H and O–H groups in total. The van der Waals surface area contributed by atoms with Gasteiger partial charge in [0.2, 0.25) is 0 Å². The summed E-state index contributed by atoms with van der Waals surface area (Å²) in [5, 5.41) is 0. The molecule has 0 aromatic carbocycles. The molecule has 0 radical (unpaired) electrons. The molecule has 0 saturated carbocycles. The van der Waals surface area contributed by atoms with Gasteiger partial charge < -0.3 is 0 Å². The van der Waals surface area contributed by atoms with Gasteiger partial charge in [0.15, 0.2) is 0 Å². The topological polar surface area (TPSA) is 0 Å². The summed E-state index contributed by atoms with van der Waals surface area (Å²) < 4.78 is 0. The van der Waals surface area contributed by atoms with Crippen LogP contribution in [0.1, 0.15) is 0 Å². The zero-order chi connectivity index (χ0) is 9.02. The van der Waals surface area contributed by atoms with Crippen molar-refractivity contribution in [2.24, 2.45) is 0 Å². The van der Waals surface area contributed by atoms with Crippen molar-refractivity contribution in [1.82, 2.24) is 0 Å². The molecule has 0 bridgehead atoms. The molecule has 0 aliphatic heterocycles. The summed E-state index contributed by atoms with van der Waals surface area (Å²) in [6, 6.07) is 0. The zero-order valence-corrected chi connectivity index (χ0v) is 18.1. The van der Waals surface area contributed by atoms with E-state index in [0.717, 1.165) is 7.96 Å². The highest BCUT2D eigenvalue weighted by Gasteiger charge is 2.23. The summed E-state index contributed by atoms with van der Waals surface area (Å²) in [4.78, 5) is 0.262. The van der Waals surface area contributed by atoms with Gasteiger partial charge >= 0.3 is 0 Å². The Morgan fingerprint density at radius 3 is 1.55 bits per heavy atom. The Labute approximate surface area is 99.6 Å². The van der Waals surface area contributed by atoms with Gasteiger partial charge in [0.1, 0.15) is 0 Å². The Morgan fingerprint density at radius 2 is 1.45 bits per heavy atom. The van der Waals surface area contributed by atoms with Gasteiger partial charge in [0, 0.05) is 4.94 Å². The molecule has 68 valence electrons. The van der Waals surface area contributed by atoms with E-state index in [2.05, 4.69) is 66.7 Å². The quantitative estimate of drug-likeness (QED) is 0.338. The lowest BCUT2D eigenvalue weighted by molar-refractivity contribution is 4.75. The minimum absolute atomic E-state index is 0.157. The molecule has 0 aliphatic rings. The molecule has 0 aromatic heterocycles. The van der Waals surface area contributed by atoms with E-state index in [1.807, 2.05) is 0 Å². The van der Waals surface area contributed by atoms with Gasteiger partial charge in [-0.15, -0.1) is 44.6 Å². The van der Waals surface area contributed by atoms with Gasteiger partial charge in [-0.2, -0.15) is 0 Å². The molecule has 0 aromatic rings. The van der Waals surface area contributed by atoms with Crippen molar-refractivity contribution >= 4 is 101 Å². The van der Waals surface area contributed by atoms with Crippen LogP contribution in [-0.2, 0) is 0 Å². The number of halogens is 1. The Hall–Kier alpha value is 5.03. The largest absolute Gasteiger partial charge is 0.109 e. The van der Waals surface area contributed by atoms with Crippen LogP contribution < -0.4 is 0 Å². The van der Waals surface area contributed by atoms with Gasteiger partial charge in [0.25, 0.3) is 0 Å². The average Bonchev–Trinajstić information content (AvgIpc) is 1.88. The highest BCUT2D eigenvalue weighted by atomic mass is 127. The molecule has 8 unspecified atom stereocenters. The van der Waals surface area contributed by atoms with E-state index in [4.69, 9.17) is 0 Å². The Kier molecular flexibility index (Phi) is 13.3. The van der Waals surface area contributed by atoms with Crippen LogP contribution in [0.2, 0.25) is 0 Å². The fourth-order valence-corrected chi connectivity index (χ4v) is 90.5. The Morgan fingerprint density at radius 1 is 1.00 bits per heavy atom.